The number of imide groups is 1. The average molecular weight is 392 g/mol. The first-order chi connectivity index (χ1) is 14.0. The molecule has 0 N–H and O–H groups in total. The highest BCUT2D eigenvalue weighted by atomic mass is 19.1. The second-order valence-corrected chi connectivity index (χ2v) is 7.20. The molecular formula is C23H21FN2O3. The molecule has 1 aliphatic rings. The molecule has 1 fully saturated rings. The SMILES string of the molecule is COc1ccc(CN(C)[C@@H]2CC(=O)N(c3ccc4ccccc4c3)C2=O)cc1F. The molecule has 3 aromatic rings. The van der Waals surface area contributed by atoms with Crippen molar-refractivity contribution in [2.45, 2.75) is 19.0 Å². The molecule has 0 aliphatic carbocycles. The van der Waals surface area contributed by atoms with Crippen LogP contribution in [0.15, 0.2) is 60.7 Å². The summed E-state index contributed by atoms with van der Waals surface area (Å²) in [6.07, 6.45) is 0.0980. The van der Waals surface area contributed by atoms with Gasteiger partial charge in [0.2, 0.25) is 5.91 Å². The largest absolute Gasteiger partial charge is 0.494 e. The molecule has 5 nitrogen and oxygen atoms in total. The molecule has 0 bridgehead atoms. The Morgan fingerprint density at radius 3 is 2.55 bits per heavy atom. The lowest BCUT2D eigenvalue weighted by Gasteiger charge is -2.23. The Balaban J connectivity index is 1.54. The van der Waals surface area contributed by atoms with Crippen molar-refractivity contribution in [3.63, 3.8) is 0 Å². The third-order valence-electron chi connectivity index (χ3n) is 5.29. The first kappa shape index (κ1) is 19.1. The van der Waals surface area contributed by atoms with Crippen molar-refractivity contribution in [1.29, 1.82) is 0 Å². The van der Waals surface area contributed by atoms with Crippen LogP contribution in [0.3, 0.4) is 0 Å². The zero-order chi connectivity index (χ0) is 20.5. The monoisotopic (exact) mass is 392 g/mol. The van der Waals surface area contributed by atoms with Crippen molar-refractivity contribution in [3.8, 4) is 5.75 Å². The fourth-order valence-corrected chi connectivity index (χ4v) is 3.75. The van der Waals surface area contributed by atoms with E-state index in [1.165, 1.54) is 18.1 Å². The quantitative estimate of drug-likeness (QED) is 0.621. The lowest BCUT2D eigenvalue weighted by atomic mass is 10.1. The number of benzene rings is 3. The number of methoxy groups -OCH3 is 1. The summed E-state index contributed by atoms with van der Waals surface area (Å²) in [6, 6.07) is 17.5. The summed E-state index contributed by atoms with van der Waals surface area (Å²) >= 11 is 0. The van der Waals surface area contributed by atoms with Gasteiger partial charge in [0, 0.05) is 6.54 Å². The first-order valence-electron chi connectivity index (χ1n) is 9.36. The summed E-state index contributed by atoms with van der Waals surface area (Å²) < 4.78 is 18.9. The molecule has 6 heteroatoms. The van der Waals surface area contributed by atoms with Gasteiger partial charge in [0.1, 0.15) is 0 Å². The Bertz CT molecular complexity index is 1100. The Labute approximate surface area is 168 Å². The smallest absolute Gasteiger partial charge is 0.251 e. The van der Waals surface area contributed by atoms with E-state index in [4.69, 9.17) is 4.74 Å². The number of likely N-dealkylation sites (N-methyl/N-ethyl adjacent to an activating group) is 1. The molecule has 0 unspecified atom stereocenters. The minimum atomic E-state index is -0.584. The van der Waals surface area contributed by atoms with Gasteiger partial charge in [-0.25, -0.2) is 9.29 Å². The summed E-state index contributed by atoms with van der Waals surface area (Å²) in [6.45, 7) is 0.343. The second-order valence-electron chi connectivity index (χ2n) is 7.20. The molecule has 1 aliphatic heterocycles. The highest BCUT2D eigenvalue weighted by molar-refractivity contribution is 6.22. The molecule has 0 radical (unpaired) electrons. The standard InChI is InChI=1S/C23H21FN2O3/c1-25(14-15-7-10-21(29-2)19(24)11-15)20-13-22(27)26(23(20)28)18-9-8-16-5-3-4-6-17(16)12-18/h3-12,20H,13-14H2,1-2H3/t20-/m1/s1. The van der Waals surface area contributed by atoms with Gasteiger partial charge in [-0.2, -0.15) is 0 Å². The van der Waals surface area contributed by atoms with Gasteiger partial charge >= 0.3 is 0 Å². The Morgan fingerprint density at radius 1 is 1.07 bits per heavy atom. The van der Waals surface area contributed by atoms with Gasteiger partial charge in [0.05, 0.1) is 25.3 Å². The number of anilines is 1. The number of carbonyl (C=O) groups excluding carboxylic acids is 2. The molecule has 3 aromatic carbocycles. The van der Waals surface area contributed by atoms with E-state index in [2.05, 4.69) is 0 Å². The molecule has 0 saturated carbocycles. The zero-order valence-electron chi connectivity index (χ0n) is 16.3. The summed E-state index contributed by atoms with van der Waals surface area (Å²) in [5.74, 6) is -0.777. The number of rotatable bonds is 5. The Kier molecular flexibility index (Phi) is 5.03. The van der Waals surface area contributed by atoms with Gasteiger partial charge in [-0.15, -0.1) is 0 Å². The van der Waals surface area contributed by atoms with E-state index in [9.17, 15) is 14.0 Å². The second kappa shape index (κ2) is 7.64. The van der Waals surface area contributed by atoms with E-state index in [0.717, 1.165) is 10.8 Å². The summed E-state index contributed by atoms with van der Waals surface area (Å²) in [7, 11) is 3.18. The number of hydrogen-bond donors (Lipinski definition) is 0. The van der Waals surface area contributed by atoms with Gasteiger partial charge in [0.25, 0.3) is 5.91 Å². The van der Waals surface area contributed by atoms with E-state index in [0.29, 0.717) is 17.8 Å². The van der Waals surface area contributed by atoms with Crippen molar-refractivity contribution in [2.24, 2.45) is 0 Å². The maximum atomic E-state index is 14.0. The van der Waals surface area contributed by atoms with Crippen LogP contribution < -0.4 is 9.64 Å². The van der Waals surface area contributed by atoms with Crippen LogP contribution >= 0.6 is 0 Å². The van der Waals surface area contributed by atoms with Crippen molar-refractivity contribution in [3.05, 3.63) is 72.0 Å². The summed E-state index contributed by atoms with van der Waals surface area (Å²) in [4.78, 5) is 28.7. The minimum Gasteiger partial charge on any atom is -0.494 e. The van der Waals surface area contributed by atoms with Crippen molar-refractivity contribution >= 4 is 28.3 Å². The number of ether oxygens (including phenoxy) is 1. The van der Waals surface area contributed by atoms with E-state index in [-0.39, 0.29) is 24.0 Å². The van der Waals surface area contributed by atoms with Crippen LogP contribution in [0.1, 0.15) is 12.0 Å². The van der Waals surface area contributed by atoms with Crippen LogP contribution in [-0.2, 0) is 16.1 Å². The third kappa shape index (κ3) is 3.59. The van der Waals surface area contributed by atoms with E-state index < -0.39 is 11.9 Å². The maximum Gasteiger partial charge on any atom is 0.251 e. The number of fused-ring (bicyclic) bond motifs is 1. The normalized spacial score (nSPS) is 16.8. The van der Waals surface area contributed by atoms with Gasteiger partial charge in [-0.1, -0.05) is 36.4 Å². The number of amides is 2. The lowest BCUT2D eigenvalue weighted by molar-refractivity contribution is -0.122. The molecule has 148 valence electrons. The Morgan fingerprint density at radius 2 is 1.83 bits per heavy atom. The Hall–Kier alpha value is -3.25. The van der Waals surface area contributed by atoms with Gasteiger partial charge < -0.3 is 4.74 Å². The molecule has 29 heavy (non-hydrogen) atoms. The van der Waals surface area contributed by atoms with E-state index >= 15 is 0 Å². The van der Waals surface area contributed by atoms with Crippen molar-refractivity contribution < 1.29 is 18.7 Å². The van der Waals surface area contributed by atoms with Crippen LogP contribution in [-0.4, -0.2) is 36.9 Å². The van der Waals surface area contributed by atoms with Crippen LogP contribution in [0.25, 0.3) is 10.8 Å². The summed E-state index contributed by atoms with van der Waals surface area (Å²) in [5.41, 5.74) is 1.28. The maximum absolute atomic E-state index is 14.0. The molecule has 1 atom stereocenters. The zero-order valence-corrected chi connectivity index (χ0v) is 16.3. The molecule has 2 amide bonds. The van der Waals surface area contributed by atoms with Crippen molar-refractivity contribution in [1.82, 2.24) is 4.90 Å². The van der Waals surface area contributed by atoms with Crippen LogP contribution in [0.2, 0.25) is 0 Å². The highest BCUT2D eigenvalue weighted by Gasteiger charge is 2.41. The molecular weight excluding hydrogens is 371 g/mol. The molecule has 4 rings (SSSR count). The number of halogens is 1. The predicted octanol–water partition coefficient (Wildman–Crippen LogP) is 3.75. The van der Waals surface area contributed by atoms with Crippen LogP contribution in [0.5, 0.6) is 5.75 Å². The number of carbonyl (C=O) groups is 2. The van der Waals surface area contributed by atoms with Crippen LogP contribution in [0, 0.1) is 5.82 Å². The first-order valence-corrected chi connectivity index (χ1v) is 9.36. The van der Waals surface area contributed by atoms with Crippen molar-refractivity contribution in [2.75, 3.05) is 19.1 Å². The molecule has 0 spiro atoms. The fraction of sp³-hybridized carbons (Fsp3) is 0.217. The topological polar surface area (TPSA) is 49.9 Å². The predicted molar refractivity (Wildman–Crippen MR) is 109 cm³/mol. The third-order valence-corrected chi connectivity index (χ3v) is 5.29. The number of hydrogen-bond acceptors (Lipinski definition) is 4. The lowest BCUT2D eigenvalue weighted by Crippen LogP contribution is -2.39. The average Bonchev–Trinajstić information content (AvgIpc) is 3.02. The molecule has 0 aromatic heterocycles. The van der Waals surface area contributed by atoms with Gasteiger partial charge in [0.15, 0.2) is 11.6 Å². The van der Waals surface area contributed by atoms with Gasteiger partial charge in [-0.3, -0.25) is 14.5 Å². The van der Waals surface area contributed by atoms with Gasteiger partial charge in [-0.05, 0) is 47.6 Å². The highest BCUT2D eigenvalue weighted by Crippen LogP contribution is 2.29. The molecule has 1 heterocycles. The van der Waals surface area contributed by atoms with E-state index in [1.807, 2.05) is 36.4 Å². The minimum absolute atomic E-state index is 0.0980. The summed E-state index contributed by atoms with van der Waals surface area (Å²) in [5, 5.41) is 2.02. The fourth-order valence-electron chi connectivity index (χ4n) is 3.75. The molecule has 1 saturated heterocycles. The van der Waals surface area contributed by atoms with Crippen LogP contribution in [0.4, 0.5) is 10.1 Å². The number of nitrogens with zero attached hydrogens (tertiary/aromatic N) is 2. The van der Waals surface area contributed by atoms with E-state index in [1.54, 1.807) is 30.1 Å².